The number of aliphatic hydroxyl groups excluding tert-OH is 4. The van der Waals surface area contributed by atoms with Crippen molar-refractivity contribution in [1.29, 1.82) is 0 Å². The number of nitrogens with two attached hydrogens (primary N) is 1. The van der Waals surface area contributed by atoms with Crippen molar-refractivity contribution in [2.45, 2.75) is 74.3 Å². The summed E-state index contributed by atoms with van der Waals surface area (Å²) >= 11 is 1.45. The number of amides is 3. The molecule has 0 bridgehead atoms. The van der Waals surface area contributed by atoms with Crippen LogP contribution in [0.3, 0.4) is 0 Å². The lowest BCUT2D eigenvalue weighted by Gasteiger charge is -2.53. The van der Waals surface area contributed by atoms with E-state index in [-0.39, 0.29) is 57.6 Å². The lowest BCUT2D eigenvalue weighted by molar-refractivity contribution is -0.169. The van der Waals surface area contributed by atoms with E-state index in [1.807, 2.05) is 6.92 Å². The number of β-lactam (4-membered cyclic amide) rings is 1. The summed E-state index contributed by atoms with van der Waals surface area (Å²) in [6.07, 6.45) is -1.78. The minimum Gasteiger partial charge on any atom is -0.508 e. The molecule has 59 heavy (non-hydrogen) atoms. The zero-order valence-corrected chi connectivity index (χ0v) is 34.2. The first-order valence-electron chi connectivity index (χ1n) is 18.8. The number of likely N-dealkylation sites (N-methyl/N-ethyl adjacent to an activating group) is 2. The van der Waals surface area contributed by atoms with E-state index >= 15 is 0 Å². The van der Waals surface area contributed by atoms with Crippen molar-refractivity contribution in [3.8, 4) is 5.75 Å². The molecule has 0 spiro atoms. The first kappa shape index (κ1) is 45.3. The van der Waals surface area contributed by atoms with Gasteiger partial charge < -0.3 is 62.1 Å². The average molecular weight is 846 g/mol. The molecule has 3 aliphatic heterocycles. The fraction of sp³-hybridized carbons (Fsp3) is 0.538. The second-order valence-corrected chi connectivity index (χ2v) is 17.6. The van der Waals surface area contributed by atoms with Crippen molar-refractivity contribution in [2.75, 3.05) is 34.7 Å². The summed E-state index contributed by atoms with van der Waals surface area (Å²) in [5.41, 5.74) is 1.51. The molecule has 1 saturated carbocycles. The van der Waals surface area contributed by atoms with Crippen molar-refractivity contribution < 1.29 is 70.0 Å². The van der Waals surface area contributed by atoms with Crippen LogP contribution in [0.4, 0.5) is 0 Å². The summed E-state index contributed by atoms with van der Waals surface area (Å²) < 4.78 is 0. The Morgan fingerprint density at radius 3 is 2.22 bits per heavy atom. The number of phenolic OH excluding ortho intramolecular Hbond substituents is 1. The van der Waals surface area contributed by atoms with Gasteiger partial charge in [-0.05, 0) is 45.0 Å². The number of carboxylic acids is 1. The summed E-state index contributed by atoms with van der Waals surface area (Å²) in [5, 5.41) is 77.7. The Balaban J connectivity index is 0.000000225. The van der Waals surface area contributed by atoms with Crippen LogP contribution < -0.4 is 11.1 Å². The lowest BCUT2D eigenvalue weighted by Crippen LogP contribution is -2.70. The van der Waals surface area contributed by atoms with Gasteiger partial charge in [-0.1, -0.05) is 26.0 Å². The molecule has 20 heteroatoms. The smallest absolute Gasteiger partial charge is 0.353 e. The highest BCUT2D eigenvalue weighted by Crippen LogP contribution is 2.56. The van der Waals surface area contributed by atoms with Crippen LogP contribution in [0.5, 0.6) is 5.75 Å². The van der Waals surface area contributed by atoms with Crippen molar-refractivity contribution in [3.05, 3.63) is 56.8 Å². The van der Waals surface area contributed by atoms with E-state index in [1.165, 1.54) is 41.7 Å². The minimum absolute atomic E-state index is 0. The number of hydrogen-bond acceptors (Lipinski definition) is 15. The highest BCUT2D eigenvalue weighted by atomic mass is 32.2. The van der Waals surface area contributed by atoms with Gasteiger partial charge in [-0.3, -0.25) is 28.9 Å². The van der Waals surface area contributed by atoms with Crippen LogP contribution in [0.1, 0.15) is 44.2 Å². The summed E-state index contributed by atoms with van der Waals surface area (Å²) in [7, 11) is 6.34. The third-order valence-corrected chi connectivity index (χ3v) is 13.9. The largest absolute Gasteiger partial charge is 0.508 e. The summed E-state index contributed by atoms with van der Waals surface area (Å²) in [6.45, 7) is 5.76. The number of primary amides is 1. The van der Waals surface area contributed by atoms with Crippen molar-refractivity contribution in [2.24, 2.45) is 29.4 Å². The second kappa shape index (κ2) is 16.0. The number of ketones is 2. The monoisotopic (exact) mass is 845 g/mol. The number of phenols is 1. The van der Waals surface area contributed by atoms with E-state index in [9.17, 15) is 64.5 Å². The van der Waals surface area contributed by atoms with E-state index in [1.54, 1.807) is 45.0 Å². The predicted molar refractivity (Wildman–Crippen MR) is 210 cm³/mol. The molecule has 7 rings (SSSR count). The van der Waals surface area contributed by atoms with Gasteiger partial charge in [0.1, 0.15) is 28.5 Å². The number of carboxylic acid groups (broad SMARTS) is 1. The Labute approximate surface area is 343 Å². The van der Waals surface area contributed by atoms with Crippen LogP contribution in [0.25, 0.3) is 5.76 Å². The van der Waals surface area contributed by atoms with Gasteiger partial charge in [0.15, 0.2) is 11.4 Å². The fourth-order valence-corrected chi connectivity index (χ4v) is 11.2. The molecule has 3 aliphatic carbocycles. The van der Waals surface area contributed by atoms with Gasteiger partial charge in [-0.2, -0.15) is 0 Å². The molecular formula is C39H51N5O14S. The number of nitrogens with zero attached hydrogens (tertiary/aromatic N) is 3. The van der Waals surface area contributed by atoms with Crippen molar-refractivity contribution in [3.63, 3.8) is 0 Å². The molecule has 1 aromatic rings. The number of thioether (sulfide) groups is 1. The predicted octanol–water partition coefficient (Wildman–Crippen LogP) is -1.64. The number of carbonyl (C=O) groups excluding carboxylic acids is 5. The number of aliphatic hydroxyl groups is 5. The molecule has 2 saturated heterocycles. The minimum atomic E-state index is -2.89. The van der Waals surface area contributed by atoms with Gasteiger partial charge >= 0.3 is 5.97 Å². The first-order chi connectivity index (χ1) is 27.0. The molecule has 3 fully saturated rings. The Hall–Kier alpha value is -4.83. The molecule has 6 aliphatic rings. The lowest BCUT2D eigenvalue weighted by atomic mass is 9.54. The van der Waals surface area contributed by atoms with Gasteiger partial charge in [-0.15, -0.1) is 11.8 Å². The molecule has 0 unspecified atom stereocenters. The van der Waals surface area contributed by atoms with E-state index in [0.717, 1.165) is 0 Å². The summed E-state index contributed by atoms with van der Waals surface area (Å²) in [6, 6.07) is 2.56. The normalized spacial score (nSPS) is 33.9. The number of benzene rings is 1. The Kier molecular flexibility index (Phi) is 12.3. The zero-order chi connectivity index (χ0) is 43.2. The molecule has 3 heterocycles. The molecule has 19 nitrogen and oxygen atoms in total. The van der Waals surface area contributed by atoms with Crippen LogP contribution in [0, 0.1) is 23.7 Å². The highest BCUT2D eigenvalue weighted by molar-refractivity contribution is 8.03. The number of Topliss-reactive ketones (excluding diaryl/α,β-unsaturated/α-hetero) is 2. The van der Waals surface area contributed by atoms with Crippen LogP contribution >= 0.6 is 11.8 Å². The fourth-order valence-electron chi connectivity index (χ4n) is 9.73. The molecule has 0 aromatic heterocycles. The van der Waals surface area contributed by atoms with E-state index < -0.39 is 93.6 Å². The molecule has 322 valence electrons. The van der Waals surface area contributed by atoms with Crippen LogP contribution in [0.2, 0.25) is 0 Å². The van der Waals surface area contributed by atoms with Gasteiger partial charge in [0.25, 0.3) is 5.91 Å². The Morgan fingerprint density at radius 2 is 1.68 bits per heavy atom. The first-order valence-corrected chi connectivity index (χ1v) is 19.6. The van der Waals surface area contributed by atoms with E-state index in [0.29, 0.717) is 23.4 Å². The molecule has 12 atom stereocenters. The summed E-state index contributed by atoms with van der Waals surface area (Å²) in [5.74, 6) is -11.0. The third-order valence-electron chi connectivity index (χ3n) is 12.4. The molecule has 0 radical (unpaired) electrons. The Bertz CT molecular complexity index is 2100. The number of fused-ring (bicyclic) bond motifs is 4. The second-order valence-electron chi connectivity index (χ2n) is 16.2. The maximum Gasteiger partial charge on any atom is 0.353 e. The van der Waals surface area contributed by atoms with Crippen LogP contribution in [-0.4, -0.2) is 167 Å². The molecular weight excluding hydrogens is 795 g/mol. The number of rotatable bonds is 7. The molecule has 3 amide bonds. The summed E-state index contributed by atoms with van der Waals surface area (Å²) in [4.78, 5) is 79.7. The standard InChI is InChI=1S/C22H24N2O8.C17H25N3O5S.H2O/c1-7-8-5-4-6-9(25)11(8)16(26)12-10(7)17(27)14-15(24(2)3)18(28)13(21(23)31)20(30)22(14,32)19(12)29;1-7-12-11(8(2)21)16(23)20(12)13(17(24)25)14(7)26-9-5-10(18-6-9)15(22)19(3)4;/h4-7,10,14-15,17,25-27,30,32H,1-3H3,(H2,23,31);7-12,18,21H,5-6H2,1-4H3,(H,24,25);1H2/t7-,10+,14+,15-,17-,22-;7-,8-,9+,10+,11-,12-;/m01./s1. The zero-order valence-electron chi connectivity index (χ0n) is 33.4. The average Bonchev–Trinajstić information content (AvgIpc) is 3.70. The van der Waals surface area contributed by atoms with Gasteiger partial charge in [0, 0.05) is 48.2 Å². The number of aliphatic carboxylic acids is 1. The van der Waals surface area contributed by atoms with Gasteiger partial charge in [0.2, 0.25) is 17.6 Å². The van der Waals surface area contributed by atoms with Gasteiger partial charge in [-0.25, -0.2) is 4.79 Å². The third kappa shape index (κ3) is 6.70. The molecule has 1 aromatic carbocycles. The van der Waals surface area contributed by atoms with E-state index in [2.05, 4.69) is 5.32 Å². The van der Waals surface area contributed by atoms with Crippen LogP contribution in [-0.2, 0) is 28.8 Å². The molecule has 12 N–H and O–H groups in total. The SMILES string of the molecule is C[C@@H](O)[C@H]1C(=O)N2C(C(=O)O)=C(S[C@@H]3CN[C@H](C(=O)N(C)C)C3)[C@H](C)[C@H]12.C[C@H]1c2cccc(O)c2C(O)=C2C(=O)[C@]3(O)C(O)=C(C(N)=O)C(=O)[C@@H](N(C)C)[C@@H]3[C@@H](O)[C@@H]21.O. The van der Waals surface area contributed by atoms with Crippen LogP contribution in [0.15, 0.2) is 45.7 Å². The van der Waals surface area contributed by atoms with E-state index in [4.69, 9.17) is 5.73 Å². The van der Waals surface area contributed by atoms with Crippen molar-refractivity contribution >= 4 is 52.8 Å². The maximum absolute atomic E-state index is 13.7. The highest BCUT2D eigenvalue weighted by Gasteiger charge is 2.68. The number of aromatic hydroxyl groups is 1. The maximum atomic E-state index is 13.7. The number of nitrogens with one attached hydrogen (secondary N) is 1. The number of hydrogen-bond donors (Lipinski definition) is 9. The quantitative estimate of drug-likeness (QED) is 0.110. The van der Waals surface area contributed by atoms with Crippen molar-refractivity contribution in [1.82, 2.24) is 20.0 Å². The van der Waals surface area contributed by atoms with Gasteiger partial charge in [0.05, 0.1) is 47.7 Å². The number of carbonyl (C=O) groups is 6. The Morgan fingerprint density at radius 1 is 1.05 bits per heavy atom. The topological polar surface area (TPSA) is 323 Å².